The third-order valence-corrected chi connectivity index (χ3v) is 6.06. The van der Waals surface area contributed by atoms with E-state index >= 15 is 0 Å². The van der Waals surface area contributed by atoms with Gasteiger partial charge in [-0.1, -0.05) is 13.8 Å². The third-order valence-electron chi connectivity index (χ3n) is 4.88. The first-order valence-corrected chi connectivity index (χ1v) is 11.3. The highest BCUT2D eigenvalue weighted by atomic mass is 32.1. The predicted molar refractivity (Wildman–Crippen MR) is 128 cm³/mol. The van der Waals surface area contributed by atoms with Gasteiger partial charge in [0.2, 0.25) is 11.8 Å². The van der Waals surface area contributed by atoms with Gasteiger partial charge < -0.3 is 15.4 Å². The number of benzene rings is 1. The van der Waals surface area contributed by atoms with Crippen LogP contribution in [0.5, 0.6) is 0 Å². The van der Waals surface area contributed by atoms with Crippen LogP contribution in [-0.4, -0.2) is 33.9 Å². The van der Waals surface area contributed by atoms with Crippen molar-refractivity contribution in [3.63, 3.8) is 0 Å². The maximum atomic E-state index is 13.2. The van der Waals surface area contributed by atoms with Gasteiger partial charge in [-0.25, -0.2) is 9.78 Å². The highest BCUT2D eigenvalue weighted by Gasteiger charge is 2.23. The lowest BCUT2D eigenvalue weighted by atomic mass is 10.2. The zero-order valence-corrected chi connectivity index (χ0v) is 19.9. The van der Waals surface area contributed by atoms with E-state index in [0.29, 0.717) is 32.0 Å². The molecule has 0 radical (unpaired) electrons. The van der Waals surface area contributed by atoms with Crippen molar-refractivity contribution in [3.8, 4) is 0 Å². The van der Waals surface area contributed by atoms with E-state index in [0.717, 1.165) is 11.3 Å². The Labute approximate surface area is 194 Å². The molecule has 9 nitrogen and oxygen atoms in total. The van der Waals surface area contributed by atoms with Crippen molar-refractivity contribution >= 4 is 50.7 Å². The van der Waals surface area contributed by atoms with Crippen LogP contribution in [0.2, 0.25) is 0 Å². The van der Waals surface area contributed by atoms with Crippen LogP contribution in [0.3, 0.4) is 0 Å². The van der Waals surface area contributed by atoms with E-state index in [2.05, 4.69) is 15.6 Å². The van der Waals surface area contributed by atoms with Gasteiger partial charge in [0.05, 0.1) is 18.3 Å². The lowest BCUT2D eigenvalue weighted by Crippen LogP contribution is -2.31. The maximum Gasteiger partial charge on any atom is 0.348 e. The summed E-state index contributed by atoms with van der Waals surface area (Å²) in [5.41, 5.74) is 1.22. The molecule has 10 heteroatoms. The second kappa shape index (κ2) is 9.95. The van der Waals surface area contributed by atoms with Gasteiger partial charge in [-0.2, -0.15) is 0 Å². The average molecular weight is 471 g/mol. The standard InChI is InChI=1S/C23H26N4O5S/c1-12(2)10-32-23(31)19-13(3)18-21(33-19)24-11-27(22(18)30)14(4)20(29)26-17-8-6-16(7-9-17)25-15(5)28/h6-9,11-12,14H,10H2,1-5H3,(H,25,28)(H,26,29). The molecule has 0 saturated carbocycles. The van der Waals surface area contributed by atoms with Crippen LogP contribution in [0.4, 0.5) is 11.4 Å². The Kier molecular flexibility index (Phi) is 7.27. The first-order valence-electron chi connectivity index (χ1n) is 10.4. The predicted octanol–water partition coefficient (Wildman–Crippen LogP) is 3.74. The lowest BCUT2D eigenvalue weighted by molar-refractivity contribution is -0.119. The Balaban J connectivity index is 1.82. The van der Waals surface area contributed by atoms with E-state index in [-0.39, 0.29) is 18.4 Å². The summed E-state index contributed by atoms with van der Waals surface area (Å²) in [7, 11) is 0. The van der Waals surface area contributed by atoms with Crippen LogP contribution >= 0.6 is 11.3 Å². The number of ether oxygens (including phenoxy) is 1. The molecule has 0 aliphatic rings. The molecule has 1 unspecified atom stereocenters. The molecule has 2 N–H and O–H groups in total. The molecule has 0 saturated heterocycles. The molecule has 1 aromatic carbocycles. The fourth-order valence-corrected chi connectivity index (χ4v) is 4.16. The number of amides is 2. The van der Waals surface area contributed by atoms with Gasteiger partial charge in [0, 0.05) is 18.3 Å². The summed E-state index contributed by atoms with van der Waals surface area (Å²) < 4.78 is 6.54. The van der Waals surface area contributed by atoms with E-state index in [4.69, 9.17) is 4.74 Å². The fourth-order valence-electron chi connectivity index (χ4n) is 3.13. The Morgan fingerprint density at radius 1 is 1.09 bits per heavy atom. The summed E-state index contributed by atoms with van der Waals surface area (Å²) in [4.78, 5) is 54.5. The summed E-state index contributed by atoms with van der Waals surface area (Å²) in [6.07, 6.45) is 1.31. The average Bonchev–Trinajstić information content (AvgIpc) is 3.10. The van der Waals surface area contributed by atoms with Gasteiger partial charge in [-0.05, 0) is 49.6 Å². The van der Waals surface area contributed by atoms with E-state index < -0.39 is 23.5 Å². The molecule has 33 heavy (non-hydrogen) atoms. The lowest BCUT2D eigenvalue weighted by Gasteiger charge is -2.15. The maximum absolute atomic E-state index is 13.2. The summed E-state index contributed by atoms with van der Waals surface area (Å²) in [6.45, 7) is 8.85. The normalized spacial score (nSPS) is 11.9. The van der Waals surface area contributed by atoms with Crippen LogP contribution in [0, 0.1) is 12.8 Å². The van der Waals surface area contributed by atoms with Crippen molar-refractivity contribution in [3.05, 3.63) is 51.4 Å². The zero-order chi connectivity index (χ0) is 24.3. The molecule has 0 bridgehead atoms. The van der Waals surface area contributed by atoms with Crippen molar-refractivity contribution in [1.29, 1.82) is 0 Å². The molecule has 0 aliphatic heterocycles. The molecule has 3 rings (SSSR count). The van der Waals surface area contributed by atoms with Crippen LogP contribution < -0.4 is 16.2 Å². The Bertz CT molecular complexity index is 1260. The van der Waals surface area contributed by atoms with Gasteiger partial charge in [0.1, 0.15) is 15.7 Å². The van der Waals surface area contributed by atoms with Crippen molar-refractivity contribution in [2.45, 2.75) is 40.7 Å². The van der Waals surface area contributed by atoms with Crippen LogP contribution in [0.15, 0.2) is 35.4 Å². The minimum Gasteiger partial charge on any atom is -0.461 e. The number of aromatic nitrogens is 2. The number of anilines is 2. The number of nitrogens with one attached hydrogen (secondary N) is 2. The number of carbonyl (C=O) groups is 3. The first kappa shape index (κ1) is 24.1. The smallest absolute Gasteiger partial charge is 0.348 e. The number of fused-ring (bicyclic) bond motifs is 1. The minimum atomic E-state index is -0.847. The van der Waals surface area contributed by atoms with Crippen LogP contribution in [-0.2, 0) is 14.3 Å². The molecule has 0 aliphatic carbocycles. The van der Waals surface area contributed by atoms with Gasteiger partial charge in [-0.15, -0.1) is 11.3 Å². The number of carbonyl (C=O) groups excluding carboxylic acids is 3. The Hall–Kier alpha value is -3.53. The fraction of sp³-hybridized carbons (Fsp3) is 0.348. The first-order chi connectivity index (χ1) is 15.6. The largest absolute Gasteiger partial charge is 0.461 e. The number of aryl methyl sites for hydroxylation is 1. The van der Waals surface area contributed by atoms with Crippen LogP contribution in [0.1, 0.15) is 49.0 Å². The van der Waals surface area contributed by atoms with Crippen molar-refractivity contribution in [2.24, 2.45) is 5.92 Å². The molecule has 1 atom stereocenters. The quantitative estimate of drug-likeness (QED) is 0.508. The Morgan fingerprint density at radius 3 is 2.27 bits per heavy atom. The molecule has 2 aromatic heterocycles. The van der Waals surface area contributed by atoms with Crippen molar-refractivity contribution in [1.82, 2.24) is 9.55 Å². The number of hydrogen-bond donors (Lipinski definition) is 2. The van der Waals surface area contributed by atoms with E-state index in [1.165, 1.54) is 17.8 Å². The number of nitrogens with zero attached hydrogens (tertiary/aromatic N) is 2. The molecule has 2 heterocycles. The third kappa shape index (κ3) is 5.46. The van der Waals surface area contributed by atoms with Crippen molar-refractivity contribution in [2.75, 3.05) is 17.2 Å². The number of thiophene rings is 1. The monoisotopic (exact) mass is 470 g/mol. The number of hydrogen-bond acceptors (Lipinski definition) is 7. The van der Waals surface area contributed by atoms with Gasteiger partial charge in [0.15, 0.2) is 0 Å². The second-order valence-corrected chi connectivity index (χ2v) is 9.11. The topological polar surface area (TPSA) is 119 Å². The Morgan fingerprint density at radius 2 is 1.70 bits per heavy atom. The minimum absolute atomic E-state index is 0.192. The van der Waals surface area contributed by atoms with Crippen molar-refractivity contribution < 1.29 is 19.1 Å². The summed E-state index contributed by atoms with van der Waals surface area (Å²) in [6, 6.07) is 5.78. The molecule has 0 fully saturated rings. The highest BCUT2D eigenvalue weighted by molar-refractivity contribution is 7.20. The van der Waals surface area contributed by atoms with E-state index in [9.17, 15) is 19.2 Å². The second-order valence-electron chi connectivity index (χ2n) is 8.11. The van der Waals surface area contributed by atoms with Gasteiger partial charge in [-0.3, -0.25) is 19.0 Å². The molecular formula is C23H26N4O5S. The zero-order valence-electron chi connectivity index (χ0n) is 19.1. The number of rotatable bonds is 7. The summed E-state index contributed by atoms with van der Waals surface area (Å²) in [5, 5.41) is 5.70. The summed E-state index contributed by atoms with van der Waals surface area (Å²) >= 11 is 1.11. The molecular weight excluding hydrogens is 444 g/mol. The van der Waals surface area contributed by atoms with E-state index in [1.54, 1.807) is 38.1 Å². The highest BCUT2D eigenvalue weighted by Crippen LogP contribution is 2.28. The summed E-state index contributed by atoms with van der Waals surface area (Å²) in [5.74, 6) is -0.888. The molecule has 3 aromatic rings. The number of esters is 1. The van der Waals surface area contributed by atoms with Gasteiger partial charge >= 0.3 is 5.97 Å². The van der Waals surface area contributed by atoms with Gasteiger partial charge in [0.25, 0.3) is 5.56 Å². The van der Waals surface area contributed by atoms with E-state index in [1.807, 2.05) is 13.8 Å². The van der Waals surface area contributed by atoms with Crippen LogP contribution in [0.25, 0.3) is 10.2 Å². The molecule has 174 valence electrons. The molecule has 0 spiro atoms. The SMILES string of the molecule is CC(=O)Nc1ccc(NC(=O)C(C)n2cnc3sc(C(=O)OCC(C)C)c(C)c3c2=O)cc1. The molecule has 2 amide bonds.